The summed E-state index contributed by atoms with van der Waals surface area (Å²) >= 11 is 1.19. The first-order valence-corrected chi connectivity index (χ1v) is 6.93. The first-order valence-electron chi connectivity index (χ1n) is 6.16. The molecule has 2 heterocycles. The van der Waals surface area contributed by atoms with Gasteiger partial charge in [0.15, 0.2) is 0 Å². The Kier molecular flexibility index (Phi) is 3.07. The van der Waals surface area contributed by atoms with Gasteiger partial charge in [0.1, 0.15) is 4.88 Å². The Bertz CT molecular complexity index is 384. The van der Waals surface area contributed by atoms with Gasteiger partial charge in [0, 0.05) is 18.6 Å². The summed E-state index contributed by atoms with van der Waals surface area (Å²) in [6.07, 6.45) is 6.26. The monoisotopic (exact) mass is 252 g/mol. The summed E-state index contributed by atoms with van der Waals surface area (Å²) in [4.78, 5) is 15.0. The van der Waals surface area contributed by atoms with Crippen LogP contribution in [0.3, 0.4) is 0 Å². The van der Waals surface area contributed by atoms with Gasteiger partial charge >= 0.3 is 0 Å². The van der Waals surface area contributed by atoms with Crippen LogP contribution in [0.25, 0.3) is 0 Å². The Morgan fingerprint density at radius 2 is 2.41 bits per heavy atom. The van der Waals surface area contributed by atoms with E-state index in [1.807, 2.05) is 4.90 Å². The van der Waals surface area contributed by atoms with Gasteiger partial charge in [0.25, 0.3) is 5.91 Å². The molecule has 1 aliphatic carbocycles. The average molecular weight is 252 g/mol. The summed E-state index contributed by atoms with van der Waals surface area (Å²) < 4.78 is 3.77. The van der Waals surface area contributed by atoms with Gasteiger partial charge in [-0.25, -0.2) is 0 Å². The van der Waals surface area contributed by atoms with E-state index in [0.717, 1.165) is 25.9 Å². The number of carbonyl (C=O) groups excluding carboxylic acids is 1. The van der Waals surface area contributed by atoms with Crippen molar-refractivity contribution in [3.05, 3.63) is 11.1 Å². The molecule has 0 spiro atoms. The molecule has 1 saturated carbocycles. The van der Waals surface area contributed by atoms with Crippen molar-refractivity contribution in [2.45, 2.75) is 37.8 Å². The zero-order chi connectivity index (χ0) is 11.7. The van der Waals surface area contributed by atoms with Crippen LogP contribution < -0.4 is 5.32 Å². The molecule has 92 valence electrons. The third kappa shape index (κ3) is 2.47. The van der Waals surface area contributed by atoms with Crippen LogP contribution in [0.15, 0.2) is 6.20 Å². The van der Waals surface area contributed by atoms with E-state index in [4.69, 9.17) is 0 Å². The Balaban J connectivity index is 1.69. The Labute approximate surface area is 104 Å². The van der Waals surface area contributed by atoms with Crippen molar-refractivity contribution in [1.29, 1.82) is 0 Å². The van der Waals surface area contributed by atoms with Gasteiger partial charge < -0.3 is 10.2 Å². The lowest BCUT2D eigenvalue weighted by Gasteiger charge is -2.25. The standard InChI is InChI=1S/C11H16N4OS/c16-11(10-6-13-14-17-10)15(9-3-4-9)7-8-2-1-5-12-8/h6,8-9,12H,1-5,7H2/t8-/m1/s1. The van der Waals surface area contributed by atoms with Crippen molar-refractivity contribution in [3.63, 3.8) is 0 Å². The minimum atomic E-state index is 0.108. The van der Waals surface area contributed by atoms with Crippen molar-refractivity contribution in [3.8, 4) is 0 Å². The molecule has 0 aromatic carbocycles. The number of aromatic nitrogens is 2. The smallest absolute Gasteiger partial charge is 0.267 e. The van der Waals surface area contributed by atoms with Gasteiger partial charge in [-0.1, -0.05) is 4.49 Å². The van der Waals surface area contributed by atoms with E-state index in [9.17, 15) is 4.79 Å². The molecular formula is C11H16N4OS. The van der Waals surface area contributed by atoms with Crippen molar-refractivity contribution in [2.75, 3.05) is 13.1 Å². The molecule has 0 radical (unpaired) electrons. The van der Waals surface area contributed by atoms with Gasteiger partial charge in [0.05, 0.1) is 6.20 Å². The van der Waals surface area contributed by atoms with E-state index in [1.54, 1.807) is 6.20 Å². The van der Waals surface area contributed by atoms with Gasteiger partial charge in [0.2, 0.25) is 0 Å². The fourth-order valence-corrected chi connectivity index (χ4v) is 2.81. The van der Waals surface area contributed by atoms with E-state index in [1.165, 1.54) is 24.4 Å². The summed E-state index contributed by atoms with van der Waals surface area (Å²) in [6.45, 7) is 1.92. The Morgan fingerprint density at radius 1 is 1.53 bits per heavy atom. The van der Waals surface area contributed by atoms with Crippen LogP contribution in [0, 0.1) is 0 Å². The second kappa shape index (κ2) is 4.70. The molecule has 3 rings (SSSR count). The molecular weight excluding hydrogens is 236 g/mol. The summed E-state index contributed by atoms with van der Waals surface area (Å²) in [6, 6.07) is 0.924. The molecule has 1 aliphatic heterocycles. The summed E-state index contributed by atoms with van der Waals surface area (Å²) in [5, 5.41) is 7.19. The molecule has 1 aromatic rings. The molecule has 5 nitrogen and oxygen atoms in total. The summed E-state index contributed by atoms with van der Waals surface area (Å²) in [5.41, 5.74) is 0. The second-order valence-corrected chi connectivity index (χ2v) is 5.55. The first-order chi connectivity index (χ1) is 8.34. The topological polar surface area (TPSA) is 58.1 Å². The summed E-state index contributed by atoms with van der Waals surface area (Å²) in [5.74, 6) is 0.108. The molecule has 17 heavy (non-hydrogen) atoms. The van der Waals surface area contributed by atoms with Crippen LogP contribution >= 0.6 is 11.5 Å². The number of nitrogens with one attached hydrogen (secondary N) is 1. The highest BCUT2D eigenvalue weighted by Gasteiger charge is 2.35. The molecule has 0 unspecified atom stereocenters. The van der Waals surface area contributed by atoms with Gasteiger partial charge in [-0.2, -0.15) is 0 Å². The highest BCUT2D eigenvalue weighted by Crippen LogP contribution is 2.29. The highest BCUT2D eigenvalue weighted by atomic mass is 32.1. The van der Waals surface area contributed by atoms with E-state index in [0.29, 0.717) is 17.0 Å². The number of hydrogen-bond donors (Lipinski definition) is 1. The van der Waals surface area contributed by atoms with Gasteiger partial charge in [-0.3, -0.25) is 4.79 Å². The lowest BCUT2D eigenvalue weighted by molar-refractivity contribution is 0.0733. The SMILES string of the molecule is O=C(c1cnns1)N(C[C@H]1CCCN1)C1CC1. The van der Waals surface area contributed by atoms with Crippen molar-refractivity contribution < 1.29 is 4.79 Å². The number of carbonyl (C=O) groups is 1. The number of rotatable bonds is 4. The van der Waals surface area contributed by atoms with E-state index < -0.39 is 0 Å². The van der Waals surface area contributed by atoms with Crippen LogP contribution in [-0.4, -0.2) is 45.6 Å². The Hall–Kier alpha value is -1.01. The third-order valence-corrected chi connectivity index (χ3v) is 4.05. The van der Waals surface area contributed by atoms with E-state index >= 15 is 0 Å². The maximum Gasteiger partial charge on any atom is 0.267 e. The normalized spacial score (nSPS) is 23.9. The molecule has 1 aromatic heterocycles. The van der Waals surface area contributed by atoms with Gasteiger partial charge in [-0.15, -0.1) is 5.10 Å². The van der Waals surface area contributed by atoms with Crippen molar-refractivity contribution in [2.24, 2.45) is 0 Å². The maximum atomic E-state index is 12.3. The van der Waals surface area contributed by atoms with Crippen molar-refractivity contribution >= 4 is 17.4 Å². The van der Waals surface area contributed by atoms with E-state index in [2.05, 4.69) is 14.9 Å². The number of amides is 1. The molecule has 1 amide bonds. The highest BCUT2D eigenvalue weighted by molar-refractivity contribution is 7.07. The molecule has 2 fully saturated rings. The van der Waals surface area contributed by atoms with Gasteiger partial charge in [-0.05, 0) is 43.8 Å². The number of nitrogens with zero attached hydrogens (tertiary/aromatic N) is 3. The molecule has 1 N–H and O–H groups in total. The fourth-order valence-electron chi connectivity index (χ4n) is 2.34. The molecule has 1 atom stereocenters. The lowest BCUT2D eigenvalue weighted by atomic mass is 10.2. The lowest BCUT2D eigenvalue weighted by Crippen LogP contribution is -2.42. The predicted molar refractivity (Wildman–Crippen MR) is 65.0 cm³/mol. The second-order valence-electron chi connectivity index (χ2n) is 4.76. The maximum absolute atomic E-state index is 12.3. The zero-order valence-corrected chi connectivity index (χ0v) is 10.4. The number of hydrogen-bond acceptors (Lipinski definition) is 5. The first kappa shape index (κ1) is 11.1. The summed E-state index contributed by atoms with van der Waals surface area (Å²) in [7, 11) is 0. The Morgan fingerprint density at radius 3 is 3.00 bits per heavy atom. The predicted octanol–water partition coefficient (Wildman–Crippen LogP) is 0.895. The van der Waals surface area contributed by atoms with Crippen LogP contribution in [0.2, 0.25) is 0 Å². The molecule has 1 saturated heterocycles. The van der Waals surface area contributed by atoms with Crippen LogP contribution in [-0.2, 0) is 0 Å². The molecule has 2 aliphatic rings. The average Bonchev–Trinajstić information content (AvgIpc) is 2.86. The van der Waals surface area contributed by atoms with Crippen LogP contribution in [0.5, 0.6) is 0 Å². The minimum Gasteiger partial charge on any atom is -0.333 e. The molecule has 6 heteroatoms. The van der Waals surface area contributed by atoms with E-state index in [-0.39, 0.29) is 5.91 Å². The fraction of sp³-hybridized carbons (Fsp3) is 0.727. The van der Waals surface area contributed by atoms with Crippen LogP contribution in [0.4, 0.5) is 0 Å². The minimum absolute atomic E-state index is 0.108. The molecule has 0 bridgehead atoms. The quantitative estimate of drug-likeness (QED) is 0.865. The zero-order valence-electron chi connectivity index (χ0n) is 9.63. The third-order valence-electron chi connectivity index (χ3n) is 3.40. The van der Waals surface area contributed by atoms with Crippen molar-refractivity contribution in [1.82, 2.24) is 19.8 Å². The largest absolute Gasteiger partial charge is 0.333 e. The van der Waals surface area contributed by atoms with Crippen LogP contribution in [0.1, 0.15) is 35.4 Å².